The molecule has 0 atom stereocenters. The molecule has 0 spiro atoms. The maximum absolute atomic E-state index is 12.9. The topological polar surface area (TPSA) is 43.1 Å². The summed E-state index contributed by atoms with van der Waals surface area (Å²) in [5.41, 5.74) is 1.61. The van der Waals surface area contributed by atoms with Crippen molar-refractivity contribution in [3.8, 4) is 0 Å². The maximum atomic E-state index is 12.9. The zero-order valence-electron chi connectivity index (χ0n) is 19.4. The molecule has 3 nitrogen and oxygen atoms in total. The van der Waals surface area contributed by atoms with Crippen molar-refractivity contribution in [2.24, 2.45) is 0 Å². The molecule has 0 saturated carbocycles. The van der Waals surface area contributed by atoms with Gasteiger partial charge in [-0.15, -0.1) is 0 Å². The Kier molecular flexibility index (Phi) is 6.94. The van der Waals surface area contributed by atoms with Crippen molar-refractivity contribution in [1.29, 1.82) is 0 Å². The third kappa shape index (κ3) is 4.60. The predicted molar refractivity (Wildman–Crippen MR) is 148 cm³/mol. The lowest BCUT2D eigenvalue weighted by Crippen LogP contribution is -2.40. The van der Waals surface area contributed by atoms with Crippen LogP contribution in [0.15, 0.2) is 131 Å². The van der Waals surface area contributed by atoms with E-state index >= 15 is 0 Å². The number of aryl methyl sites for hydroxylation is 1. The lowest BCUT2D eigenvalue weighted by Gasteiger charge is -2.25. The molecule has 5 aromatic rings. The highest BCUT2D eigenvalue weighted by atomic mass is 32.2. The van der Waals surface area contributed by atoms with E-state index in [1.165, 1.54) is 27.7 Å². The number of nitrogens with zero attached hydrogens (tertiary/aromatic N) is 1. The fraction of sp³-hybridized carbons (Fsp3) is 0.0667. The number of carbonyl (C=O) groups is 1. The highest BCUT2D eigenvalue weighted by molar-refractivity contribution is 8.04. The van der Waals surface area contributed by atoms with Crippen molar-refractivity contribution in [3.05, 3.63) is 133 Å². The number of hydrogen-bond donors (Lipinski definition) is 0. The highest BCUT2D eigenvalue weighted by Gasteiger charge is 2.52. The summed E-state index contributed by atoms with van der Waals surface area (Å²) in [7, 11) is -2.39. The van der Waals surface area contributed by atoms with Gasteiger partial charge in [-0.2, -0.15) is 4.98 Å². The Labute approximate surface area is 210 Å². The van der Waals surface area contributed by atoms with Crippen LogP contribution in [-0.2, 0) is 0 Å². The molecule has 4 aromatic carbocycles. The van der Waals surface area contributed by atoms with Crippen molar-refractivity contribution in [2.75, 3.05) is 5.75 Å². The molecule has 5 heteroatoms. The van der Waals surface area contributed by atoms with E-state index in [0.29, 0.717) is 16.5 Å². The second-order valence-corrected chi connectivity index (χ2v) is 12.4. The minimum Gasteiger partial charge on any atom is -0.430 e. The van der Waals surface area contributed by atoms with E-state index in [2.05, 4.69) is 72.8 Å². The summed E-state index contributed by atoms with van der Waals surface area (Å²) < 4.78 is 6.20. The fourth-order valence-corrected chi connectivity index (χ4v) is 9.79. The van der Waals surface area contributed by atoms with E-state index in [-0.39, 0.29) is 11.5 Å². The van der Waals surface area contributed by atoms with Crippen molar-refractivity contribution in [3.63, 3.8) is 0 Å². The maximum Gasteiger partial charge on any atom is 0.250 e. The summed E-state index contributed by atoms with van der Waals surface area (Å²) in [6, 6.07) is 41.1. The van der Waals surface area contributed by atoms with E-state index in [4.69, 9.17) is 9.40 Å². The van der Waals surface area contributed by atoms with E-state index < -0.39 is 7.26 Å². The fourth-order valence-electron chi connectivity index (χ4n) is 4.31. The van der Waals surface area contributed by atoms with Gasteiger partial charge in [-0.25, -0.2) is 0 Å². The number of thioether (sulfide) groups is 1. The lowest BCUT2D eigenvalue weighted by molar-refractivity contribution is 0.102. The molecule has 0 aliphatic rings. The van der Waals surface area contributed by atoms with Crippen molar-refractivity contribution < 1.29 is 9.21 Å². The monoisotopic (exact) mass is 494 g/mol. The first-order valence-electron chi connectivity index (χ1n) is 11.4. The molecule has 0 amide bonds. The van der Waals surface area contributed by atoms with Crippen LogP contribution in [0, 0.1) is 6.92 Å². The van der Waals surface area contributed by atoms with Crippen LogP contribution in [0.4, 0.5) is 0 Å². The minimum atomic E-state index is -2.39. The van der Waals surface area contributed by atoms with Crippen LogP contribution in [0.1, 0.15) is 16.2 Å². The normalized spacial score (nSPS) is 11.3. The average Bonchev–Trinajstić information content (AvgIpc) is 3.30. The van der Waals surface area contributed by atoms with Crippen LogP contribution >= 0.6 is 19.0 Å². The number of Topliss-reactive ketones (excluding diaryl/α,β-unsaturated/α-hetero) is 1. The molecule has 5 rings (SSSR count). The molecule has 1 aromatic heterocycles. The molecular formula is C30H25NO2PS+. The molecular weight excluding hydrogens is 469 g/mol. The van der Waals surface area contributed by atoms with Gasteiger partial charge in [0.1, 0.15) is 15.9 Å². The number of rotatable bonds is 8. The largest absolute Gasteiger partial charge is 0.430 e. The molecule has 0 saturated heterocycles. The highest BCUT2D eigenvalue weighted by Crippen LogP contribution is 2.55. The first kappa shape index (κ1) is 23.3. The van der Waals surface area contributed by atoms with Crippen LogP contribution in [0.25, 0.3) is 0 Å². The number of oxazole rings is 1. The Hall–Kier alpha value is -3.46. The second kappa shape index (κ2) is 10.4. The Morgan fingerprint density at radius 3 is 1.60 bits per heavy atom. The summed E-state index contributed by atoms with van der Waals surface area (Å²) in [5.74, 6) is 0.949. The Morgan fingerprint density at radius 2 is 1.14 bits per heavy atom. The first-order chi connectivity index (χ1) is 17.2. The number of benzene rings is 4. The number of ketones is 1. The molecule has 0 aliphatic heterocycles. The van der Waals surface area contributed by atoms with Crippen molar-refractivity contribution in [1.82, 2.24) is 4.98 Å². The SMILES string of the molecule is Cc1nc([P+](c2ccccc2)(c2ccccc2)c2ccccc2)c(SCC(=O)c2ccccc2)o1. The summed E-state index contributed by atoms with van der Waals surface area (Å²) in [4.78, 5) is 17.9. The zero-order chi connectivity index (χ0) is 24.1. The Balaban J connectivity index is 1.69. The quantitative estimate of drug-likeness (QED) is 0.161. The van der Waals surface area contributed by atoms with Gasteiger partial charge in [-0.05, 0) is 36.4 Å². The van der Waals surface area contributed by atoms with Crippen molar-refractivity contribution >= 4 is 46.2 Å². The van der Waals surface area contributed by atoms with Crippen LogP contribution < -0.4 is 21.3 Å². The van der Waals surface area contributed by atoms with E-state index in [0.717, 1.165) is 5.44 Å². The van der Waals surface area contributed by atoms with Gasteiger partial charge in [0.2, 0.25) is 5.09 Å². The van der Waals surface area contributed by atoms with Crippen LogP contribution in [-0.4, -0.2) is 16.5 Å². The Morgan fingerprint density at radius 1 is 0.714 bits per heavy atom. The van der Waals surface area contributed by atoms with Crippen LogP contribution in [0.5, 0.6) is 0 Å². The molecule has 0 unspecified atom stereocenters. The minimum absolute atomic E-state index is 0.0682. The predicted octanol–water partition coefficient (Wildman–Crippen LogP) is 5.58. The van der Waals surface area contributed by atoms with E-state index in [1.807, 2.05) is 55.5 Å². The molecule has 0 N–H and O–H groups in total. The average molecular weight is 495 g/mol. The third-order valence-electron chi connectivity index (χ3n) is 5.86. The Bertz CT molecular complexity index is 1310. The first-order valence-corrected chi connectivity index (χ1v) is 14.2. The van der Waals surface area contributed by atoms with Gasteiger partial charge < -0.3 is 4.42 Å². The number of hydrogen-bond acceptors (Lipinski definition) is 4. The van der Waals surface area contributed by atoms with Gasteiger partial charge in [0.25, 0.3) is 5.44 Å². The molecule has 172 valence electrons. The number of aromatic nitrogens is 1. The smallest absolute Gasteiger partial charge is 0.250 e. The van der Waals surface area contributed by atoms with Crippen LogP contribution in [0.2, 0.25) is 0 Å². The summed E-state index contributed by atoms with van der Waals surface area (Å²) in [6.07, 6.45) is 0. The third-order valence-corrected chi connectivity index (χ3v) is 11.1. The lowest BCUT2D eigenvalue weighted by atomic mass is 10.2. The van der Waals surface area contributed by atoms with Crippen LogP contribution in [0.3, 0.4) is 0 Å². The van der Waals surface area contributed by atoms with Gasteiger partial charge >= 0.3 is 0 Å². The number of carbonyl (C=O) groups excluding carboxylic acids is 1. The van der Waals surface area contributed by atoms with Gasteiger partial charge in [0.05, 0.1) is 5.75 Å². The van der Waals surface area contributed by atoms with Gasteiger partial charge in [0.15, 0.2) is 18.9 Å². The van der Waals surface area contributed by atoms with Gasteiger partial charge in [0, 0.05) is 12.5 Å². The summed E-state index contributed by atoms with van der Waals surface area (Å²) in [6.45, 7) is 1.88. The zero-order valence-corrected chi connectivity index (χ0v) is 21.1. The molecule has 0 radical (unpaired) electrons. The molecule has 1 heterocycles. The summed E-state index contributed by atoms with van der Waals surface area (Å²) in [5, 5.41) is 4.29. The molecule has 0 bridgehead atoms. The molecule has 0 fully saturated rings. The molecule has 0 aliphatic carbocycles. The summed E-state index contributed by atoms with van der Waals surface area (Å²) >= 11 is 1.43. The molecule has 35 heavy (non-hydrogen) atoms. The van der Waals surface area contributed by atoms with Gasteiger partial charge in [-0.1, -0.05) is 96.7 Å². The van der Waals surface area contributed by atoms with E-state index in [9.17, 15) is 4.79 Å². The second-order valence-electron chi connectivity index (χ2n) is 8.10. The standard InChI is InChI=1S/C30H25NO2PS/c1-23-31-29(30(33-23)35-22-28(32)24-14-6-2-7-15-24)34(25-16-8-3-9-17-25,26-18-10-4-11-19-26)27-20-12-5-13-21-27/h2-21H,22H2,1H3/q+1. The van der Waals surface area contributed by atoms with Gasteiger partial charge in [-0.3, -0.25) is 4.79 Å². The van der Waals surface area contributed by atoms with E-state index in [1.54, 1.807) is 0 Å². The van der Waals surface area contributed by atoms with Crippen molar-refractivity contribution in [2.45, 2.75) is 12.0 Å².